The zero-order chi connectivity index (χ0) is 15.4. The first-order valence-electron chi connectivity index (χ1n) is 6.97. The van der Waals surface area contributed by atoms with Crippen molar-refractivity contribution < 1.29 is 9.31 Å². The van der Waals surface area contributed by atoms with Crippen LogP contribution in [0.4, 0.5) is 0 Å². The quantitative estimate of drug-likeness (QED) is 0.748. The molecule has 1 fully saturated rings. The number of hydrogen-bond donors (Lipinski definition) is 0. The predicted molar refractivity (Wildman–Crippen MR) is 81.1 cm³/mol. The van der Waals surface area contributed by atoms with Gasteiger partial charge >= 0.3 is 7.12 Å². The van der Waals surface area contributed by atoms with Gasteiger partial charge in [0.05, 0.1) is 28.4 Å². The summed E-state index contributed by atoms with van der Waals surface area (Å²) in [5.74, 6) is 0. The molecule has 1 saturated heterocycles. The number of fused-ring (bicyclic) bond motifs is 1. The summed E-state index contributed by atoms with van der Waals surface area (Å²) in [5, 5.41) is 14.5. The lowest BCUT2D eigenvalue weighted by Gasteiger charge is -2.32. The van der Waals surface area contributed by atoms with Crippen molar-refractivity contribution in [2.75, 3.05) is 0 Å². The van der Waals surface area contributed by atoms with Gasteiger partial charge in [-0.3, -0.25) is 4.68 Å². The molecule has 108 valence electrons. The highest BCUT2D eigenvalue weighted by atomic mass is 16.7. The van der Waals surface area contributed by atoms with E-state index in [1.807, 2.05) is 46.9 Å². The van der Waals surface area contributed by atoms with Gasteiger partial charge in [-0.2, -0.15) is 10.4 Å². The average molecular weight is 283 g/mol. The van der Waals surface area contributed by atoms with Gasteiger partial charge in [-0.1, -0.05) is 6.07 Å². The molecule has 1 aromatic carbocycles. The normalized spacial score (nSPS) is 19.9. The zero-order valence-corrected chi connectivity index (χ0v) is 13.0. The molecule has 2 heterocycles. The molecule has 0 aliphatic carbocycles. The fourth-order valence-electron chi connectivity index (χ4n) is 2.48. The molecule has 1 aromatic heterocycles. The van der Waals surface area contributed by atoms with Crippen molar-refractivity contribution in [1.29, 1.82) is 5.26 Å². The summed E-state index contributed by atoms with van der Waals surface area (Å²) in [5.41, 5.74) is 1.49. The minimum absolute atomic E-state index is 0.395. The van der Waals surface area contributed by atoms with Gasteiger partial charge in [0.25, 0.3) is 0 Å². The van der Waals surface area contributed by atoms with Crippen LogP contribution >= 0.6 is 0 Å². The molecule has 6 heteroatoms. The van der Waals surface area contributed by atoms with Crippen molar-refractivity contribution in [3.05, 3.63) is 23.8 Å². The van der Waals surface area contributed by atoms with Crippen LogP contribution in [0.15, 0.2) is 18.2 Å². The monoisotopic (exact) mass is 283 g/mol. The summed E-state index contributed by atoms with van der Waals surface area (Å²) in [4.78, 5) is 0. The molecule has 0 amide bonds. The van der Waals surface area contributed by atoms with E-state index in [-0.39, 0.29) is 0 Å². The Morgan fingerprint density at radius 2 is 1.81 bits per heavy atom. The smallest absolute Gasteiger partial charge is 0.398 e. The maximum atomic E-state index is 9.01. The predicted octanol–water partition coefficient (Wildman–Crippen LogP) is 1.74. The molecule has 1 aliphatic heterocycles. The molecule has 0 N–H and O–H groups in total. The van der Waals surface area contributed by atoms with Gasteiger partial charge in [0.1, 0.15) is 5.59 Å². The van der Waals surface area contributed by atoms with Gasteiger partial charge in [0.15, 0.2) is 0 Å². The molecule has 5 nitrogen and oxygen atoms in total. The second-order valence-corrected chi connectivity index (χ2v) is 6.44. The van der Waals surface area contributed by atoms with Crippen LogP contribution in [0, 0.1) is 11.3 Å². The number of rotatable bonds is 1. The highest BCUT2D eigenvalue weighted by Crippen LogP contribution is 2.36. The number of aryl methyl sites for hydroxylation is 1. The van der Waals surface area contributed by atoms with Gasteiger partial charge < -0.3 is 9.31 Å². The molecule has 1 aliphatic rings. The maximum absolute atomic E-state index is 9.01. The third-order valence-electron chi connectivity index (χ3n) is 4.49. The third kappa shape index (κ3) is 2.05. The van der Waals surface area contributed by atoms with Crippen molar-refractivity contribution in [1.82, 2.24) is 9.78 Å². The average Bonchev–Trinajstić information content (AvgIpc) is 2.84. The molecule has 0 unspecified atom stereocenters. The number of nitriles is 1. The Kier molecular flexibility index (Phi) is 2.91. The Labute approximate surface area is 124 Å². The maximum Gasteiger partial charge on any atom is 0.517 e. The van der Waals surface area contributed by atoms with Crippen molar-refractivity contribution in [2.24, 2.45) is 7.05 Å². The third-order valence-corrected chi connectivity index (χ3v) is 4.49. The highest BCUT2D eigenvalue weighted by Gasteiger charge is 2.53. The molecule has 21 heavy (non-hydrogen) atoms. The van der Waals surface area contributed by atoms with Crippen molar-refractivity contribution in [3.8, 4) is 6.07 Å². The summed E-state index contributed by atoms with van der Waals surface area (Å²) < 4.78 is 13.9. The standard InChI is InChI=1S/C15H18BN3O2/c1-14(2)15(3,4)21-16(20-14)13-11-7-6-10(9-17)8-12(11)19(5)18-13/h6-8H,1-5H3. The Balaban J connectivity index is 2.09. The number of hydrogen-bond acceptors (Lipinski definition) is 4. The Bertz CT molecular complexity index is 742. The van der Waals surface area contributed by atoms with E-state index in [2.05, 4.69) is 11.2 Å². The summed E-state index contributed by atoms with van der Waals surface area (Å²) in [6, 6.07) is 7.67. The molecular formula is C15H18BN3O2. The Morgan fingerprint density at radius 3 is 2.38 bits per heavy atom. The van der Waals surface area contributed by atoms with Gasteiger partial charge in [-0.05, 0) is 39.8 Å². The fraction of sp³-hybridized carbons (Fsp3) is 0.467. The molecular weight excluding hydrogens is 265 g/mol. The Hall–Kier alpha value is -1.84. The van der Waals surface area contributed by atoms with E-state index in [0.717, 1.165) is 16.5 Å². The SMILES string of the molecule is Cn1nc(B2OC(C)(C)C(C)(C)O2)c2ccc(C#N)cc21. The molecule has 0 radical (unpaired) electrons. The van der Waals surface area contributed by atoms with Crippen molar-refractivity contribution in [2.45, 2.75) is 38.9 Å². The summed E-state index contributed by atoms with van der Waals surface area (Å²) in [7, 11) is 1.37. The van der Waals surface area contributed by atoms with Gasteiger partial charge in [-0.15, -0.1) is 0 Å². The zero-order valence-electron chi connectivity index (χ0n) is 13.0. The minimum atomic E-state index is -0.494. The van der Waals surface area contributed by atoms with E-state index in [1.54, 1.807) is 10.7 Å². The fourth-order valence-corrected chi connectivity index (χ4v) is 2.48. The van der Waals surface area contributed by atoms with Crippen LogP contribution in [-0.2, 0) is 16.4 Å². The van der Waals surface area contributed by atoms with Gasteiger partial charge in [0, 0.05) is 12.4 Å². The second kappa shape index (κ2) is 4.33. The van der Waals surface area contributed by atoms with Crippen LogP contribution in [0.5, 0.6) is 0 Å². The molecule has 2 aromatic rings. The lowest BCUT2D eigenvalue weighted by atomic mass is 9.82. The van der Waals surface area contributed by atoms with Crippen LogP contribution in [0.25, 0.3) is 10.9 Å². The topological polar surface area (TPSA) is 60.1 Å². The van der Waals surface area contributed by atoms with E-state index < -0.39 is 18.3 Å². The first kappa shape index (κ1) is 14.1. The minimum Gasteiger partial charge on any atom is -0.398 e. The number of aromatic nitrogens is 2. The van der Waals surface area contributed by atoms with Gasteiger partial charge in [0.2, 0.25) is 0 Å². The van der Waals surface area contributed by atoms with Gasteiger partial charge in [-0.25, -0.2) is 0 Å². The molecule has 0 spiro atoms. The van der Waals surface area contributed by atoms with Crippen molar-refractivity contribution >= 4 is 23.6 Å². The molecule has 3 rings (SSSR count). The number of nitrogens with zero attached hydrogens (tertiary/aromatic N) is 3. The summed E-state index contributed by atoms with van der Waals surface area (Å²) in [6.07, 6.45) is 0. The molecule has 0 atom stereocenters. The lowest BCUT2D eigenvalue weighted by molar-refractivity contribution is 0.00578. The van der Waals surface area contributed by atoms with Crippen molar-refractivity contribution in [3.63, 3.8) is 0 Å². The largest absolute Gasteiger partial charge is 0.517 e. The van der Waals surface area contributed by atoms with Crippen LogP contribution in [0.2, 0.25) is 0 Å². The molecule has 0 bridgehead atoms. The summed E-state index contributed by atoms with van der Waals surface area (Å²) >= 11 is 0. The summed E-state index contributed by atoms with van der Waals surface area (Å²) in [6.45, 7) is 8.08. The van der Waals surface area contributed by atoms with Crippen LogP contribution in [-0.4, -0.2) is 28.1 Å². The molecule has 0 saturated carbocycles. The van der Waals surface area contributed by atoms with Crippen LogP contribution in [0.3, 0.4) is 0 Å². The van der Waals surface area contributed by atoms with E-state index in [9.17, 15) is 0 Å². The van der Waals surface area contributed by atoms with Crippen LogP contribution in [0.1, 0.15) is 33.3 Å². The highest BCUT2D eigenvalue weighted by molar-refractivity contribution is 6.64. The van der Waals surface area contributed by atoms with E-state index in [0.29, 0.717) is 5.56 Å². The lowest BCUT2D eigenvalue weighted by Crippen LogP contribution is -2.41. The Morgan fingerprint density at radius 1 is 1.19 bits per heavy atom. The van der Waals surface area contributed by atoms with E-state index in [1.165, 1.54) is 0 Å². The van der Waals surface area contributed by atoms with Crippen LogP contribution < -0.4 is 5.59 Å². The first-order valence-corrected chi connectivity index (χ1v) is 6.97. The first-order chi connectivity index (χ1) is 9.75. The van der Waals surface area contributed by atoms with E-state index >= 15 is 0 Å². The van der Waals surface area contributed by atoms with E-state index in [4.69, 9.17) is 14.6 Å². The number of benzene rings is 1. The second-order valence-electron chi connectivity index (χ2n) is 6.44.